The van der Waals surface area contributed by atoms with Crippen LogP contribution in [0.5, 0.6) is 0 Å². The molecule has 1 nitrogen and oxygen atoms in total. The van der Waals surface area contributed by atoms with Gasteiger partial charge in [0.05, 0.1) is 9.68 Å². The molecule has 0 saturated carbocycles. The van der Waals surface area contributed by atoms with E-state index in [4.69, 9.17) is 0 Å². The third-order valence-electron chi connectivity index (χ3n) is 1.70. The summed E-state index contributed by atoms with van der Waals surface area (Å²) in [6, 6.07) is 0. The Balaban J connectivity index is 3.50. The quantitative estimate of drug-likeness (QED) is 0.544. The third-order valence-corrected chi connectivity index (χ3v) is 4.68. The minimum absolute atomic E-state index is 0.133. The lowest BCUT2D eigenvalue weighted by molar-refractivity contribution is 0.438. The van der Waals surface area contributed by atoms with Crippen molar-refractivity contribution in [1.82, 2.24) is 4.57 Å². The molecule has 1 atom stereocenters. The van der Waals surface area contributed by atoms with Gasteiger partial charge in [-0.2, -0.15) is 0 Å². The van der Waals surface area contributed by atoms with E-state index < -0.39 is 0 Å². The van der Waals surface area contributed by atoms with E-state index in [1.807, 2.05) is 0 Å². The van der Waals surface area contributed by atoms with Crippen LogP contribution in [0.15, 0.2) is 0 Å². The second-order valence-corrected chi connectivity index (χ2v) is 10.2. The van der Waals surface area contributed by atoms with E-state index in [2.05, 4.69) is 25.3 Å². The van der Waals surface area contributed by atoms with Crippen LogP contribution >= 0.6 is 0 Å². The van der Waals surface area contributed by atoms with Gasteiger partial charge < -0.3 is 4.57 Å². The molecule has 0 radical (unpaired) electrons. The number of rotatable bonds is 6. The van der Waals surface area contributed by atoms with Crippen molar-refractivity contribution in [3.05, 3.63) is 0 Å². The molecule has 0 heterocycles. The molecule has 0 fully saturated rings. The van der Waals surface area contributed by atoms with Gasteiger partial charge in [-0.1, -0.05) is 25.9 Å². The molecule has 68 valence electrons. The Morgan fingerprint density at radius 2 is 1.73 bits per heavy atom. The number of hydrogen-bond donors (Lipinski definition) is 0. The molecule has 0 saturated heterocycles. The maximum Gasteiger partial charge on any atom is 0.0944 e. The van der Waals surface area contributed by atoms with E-state index in [9.17, 15) is 0 Å². The van der Waals surface area contributed by atoms with Gasteiger partial charge >= 0.3 is 0 Å². The van der Waals surface area contributed by atoms with E-state index in [0.29, 0.717) is 0 Å². The van der Waals surface area contributed by atoms with Gasteiger partial charge in [0.2, 0.25) is 0 Å². The summed E-state index contributed by atoms with van der Waals surface area (Å²) in [5, 5.41) is 1.09. The molecule has 0 aromatic carbocycles. The summed E-state index contributed by atoms with van der Waals surface area (Å²) in [6.07, 6.45) is 2.67. The van der Waals surface area contributed by atoms with Crippen LogP contribution < -0.4 is 0 Å². The fourth-order valence-electron chi connectivity index (χ4n) is 1.44. The monoisotopic (exact) mass is 189 g/mol. The second-order valence-electron chi connectivity index (χ2n) is 3.69. The van der Waals surface area contributed by atoms with Crippen LogP contribution in [-0.2, 0) is 0 Å². The average Bonchev–Trinajstić information content (AvgIpc) is 1.87. The summed E-state index contributed by atoms with van der Waals surface area (Å²) < 4.78 is 2.73. The van der Waals surface area contributed by atoms with Crippen LogP contribution in [0.25, 0.3) is 0 Å². The number of nitrogens with zero attached hydrogens (tertiary/aromatic N) is 1. The highest BCUT2D eigenvalue weighted by atomic mass is 28.3. The van der Waals surface area contributed by atoms with Crippen LogP contribution in [0.4, 0.5) is 0 Å². The molecule has 0 aliphatic carbocycles. The minimum Gasteiger partial charge on any atom is -0.329 e. The summed E-state index contributed by atoms with van der Waals surface area (Å²) in [7, 11) is 1.53. The zero-order chi connectivity index (χ0) is 8.69. The van der Waals surface area contributed by atoms with Crippen molar-refractivity contribution in [3.8, 4) is 0 Å². The van der Waals surface area contributed by atoms with Crippen molar-refractivity contribution < 1.29 is 0 Å². The van der Waals surface area contributed by atoms with Gasteiger partial charge in [0.15, 0.2) is 0 Å². The predicted molar refractivity (Wildman–Crippen MR) is 60.1 cm³/mol. The fourth-order valence-corrected chi connectivity index (χ4v) is 5.02. The zero-order valence-electron chi connectivity index (χ0n) is 8.56. The van der Waals surface area contributed by atoms with Gasteiger partial charge in [-0.25, -0.2) is 0 Å². The van der Waals surface area contributed by atoms with Crippen LogP contribution in [0.2, 0.25) is 5.16 Å². The van der Waals surface area contributed by atoms with Gasteiger partial charge in [-0.3, -0.25) is 0 Å². The maximum atomic E-state index is 2.73. The molecule has 1 unspecified atom stereocenters. The maximum absolute atomic E-state index is 2.73. The largest absolute Gasteiger partial charge is 0.329 e. The average molecular weight is 189 g/mol. The molecule has 0 aliphatic heterocycles. The Morgan fingerprint density at radius 1 is 1.27 bits per heavy atom. The molecule has 0 aromatic rings. The Bertz CT molecular complexity index is 80.2. The van der Waals surface area contributed by atoms with Crippen molar-refractivity contribution >= 4 is 19.9 Å². The van der Waals surface area contributed by atoms with Crippen molar-refractivity contribution in [2.75, 3.05) is 13.1 Å². The van der Waals surface area contributed by atoms with Crippen molar-refractivity contribution in [1.29, 1.82) is 0 Å². The summed E-state index contributed by atoms with van der Waals surface area (Å²) in [5.74, 6) is 0. The summed E-state index contributed by atoms with van der Waals surface area (Å²) >= 11 is 0. The van der Waals surface area contributed by atoms with E-state index in [0.717, 1.165) is 5.16 Å². The zero-order valence-corrected chi connectivity index (χ0v) is 12.0. The summed E-state index contributed by atoms with van der Waals surface area (Å²) in [4.78, 5) is 0. The SMILES string of the molecule is CCCN(CCC)[SiH2]C(C)[SiH3]. The normalized spacial score (nSPS) is 15.3. The molecule has 0 aromatic heterocycles. The van der Waals surface area contributed by atoms with Gasteiger partial charge in [-0.15, -0.1) is 0 Å². The molecule has 0 N–H and O–H groups in total. The lowest BCUT2D eigenvalue weighted by Gasteiger charge is -2.22. The van der Waals surface area contributed by atoms with E-state index >= 15 is 0 Å². The van der Waals surface area contributed by atoms with Crippen molar-refractivity contribution in [2.24, 2.45) is 0 Å². The Morgan fingerprint density at radius 3 is 2.00 bits per heavy atom. The Labute approximate surface area is 76.9 Å². The van der Waals surface area contributed by atoms with Crippen LogP contribution in [0, 0.1) is 0 Å². The van der Waals surface area contributed by atoms with Crippen LogP contribution in [0.1, 0.15) is 33.6 Å². The van der Waals surface area contributed by atoms with Gasteiger partial charge in [0.25, 0.3) is 0 Å². The summed E-state index contributed by atoms with van der Waals surface area (Å²) in [5.41, 5.74) is 0. The van der Waals surface area contributed by atoms with Crippen LogP contribution in [-0.4, -0.2) is 37.6 Å². The van der Waals surface area contributed by atoms with Gasteiger partial charge in [0, 0.05) is 10.2 Å². The van der Waals surface area contributed by atoms with E-state index in [-0.39, 0.29) is 9.68 Å². The molecule has 0 bridgehead atoms. The first-order chi connectivity index (χ1) is 5.20. The third kappa shape index (κ3) is 6.78. The Kier molecular flexibility index (Phi) is 7.32. The Hall–Kier alpha value is 0.394. The van der Waals surface area contributed by atoms with Crippen LogP contribution in [0.3, 0.4) is 0 Å². The smallest absolute Gasteiger partial charge is 0.0944 e. The lowest BCUT2D eigenvalue weighted by Crippen LogP contribution is -2.31. The van der Waals surface area contributed by atoms with Gasteiger partial charge in [0.1, 0.15) is 0 Å². The highest BCUT2D eigenvalue weighted by molar-refractivity contribution is 6.47. The fraction of sp³-hybridized carbons (Fsp3) is 1.00. The van der Waals surface area contributed by atoms with Crippen molar-refractivity contribution in [2.45, 2.75) is 38.8 Å². The molecule has 0 amide bonds. The number of hydrogen-bond acceptors (Lipinski definition) is 1. The molecule has 0 spiro atoms. The lowest BCUT2D eigenvalue weighted by atomic mass is 10.4. The molecule has 3 heteroatoms. The first-order valence-electron chi connectivity index (χ1n) is 4.93. The molecular weight excluding hydrogens is 166 g/mol. The van der Waals surface area contributed by atoms with Gasteiger partial charge in [-0.05, 0) is 25.9 Å². The minimum atomic E-state index is 0.133. The molecular formula is C8H23NSi2. The van der Waals surface area contributed by atoms with E-state index in [1.54, 1.807) is 0 Å². The summed E-state index contributed by atoms with van der Waals surface area (Å²) in [6.45, 7) is 9.69. The van der Waals surface area contributed by atoms with E-state index in [1.165, 1.54) is 36.2 Å². The highest BCUT2D eigenvalue weighted by Crippen LogP contribution is 1.99. The second kappa shape index (κ2) is 7.07. The molecule has 11 heavy (non-hydrogen) atoms. The first-order valence-corrected chi connectivity index (χ1v) is 7.53. The highest BCUT2D eigenvalue weighted by Gasteiger charge is 2.04. The van der Waals surface area contributed by atoms with Crippen molar-refractivity contribution in [3.63, 3.8) is 0 Å². The first kappa shape index (κ1) is 11.4. The molecule has 0 aliphatic rings. The topological polar surface area (TPSA) is 3.24 Å². The molecule has 0 rings (SSSR count). The standard InChI is InChI=1S/C8H23NSi2/c1-4-6-9(7-5-2)11-8(3)10/h8H,4-7,11H2,1-3,10H3. The predicted octanol–water partition coefficient (Wildman–Crippen LogP) is 0.323.